The highest BCUT2D eigenvalue weighted by Crippen LogP contribution is 2.09. The molecule has 1 heterocycles. The molecule has 0 aliphatic carbocycles. The lowest BCUT2D eigenvalue weighted by Gasteiger charge is -2.22. The maximum absolute atomic E-state index is 11.7. The number of hydrogen-bond acceptors (Lipinski definition) is 4. The van der Waals surface area contributed by atoms with E-state index in [2.05, 4.69) is 36.4 Å². The molecule has 2 N–H and O–H groups in total. The lowest BCUT2D eigenvalue weighted by Crippen LogP contribution is -2.41. The van der Waals surface area contributed by atoms with Gasteiger partial charge in [-0.25, -0.2) is 0 Å². The summed E-state index contributed by atoms with van der Waals surface area (Å²) in [7, 11) is 2.15. The Balaban J connectivity index is 1.98. The first-order valence-corrected chi connectivity index (χ1v) is 8.53. The van der Waals surface area contributed by atoms with E-state index < -0.39 is 0 Å². The molecule has 0 saturated carbocycles. The van der Waals surface area contributed by atoms with Gasteiger partial charge >= 0.3 is 0 Å². The van der Waals surface area contributed by atoms with Crippen LogP contribution in [0.4, 0.5) is 0 Å². The van der Waals surface area contributed by atoms with Crippen molar-refractivity contribution in [2.75, 3.05) is 38.2 Å². The number of rotatable bonds is 8. The van der Waals surface area contributed by atoms with E-state index in [1.54, 1.807) is 0 Å². The van der Waals surface area contributed by atoms with Crippen molar-refractivity contribution in [1.29, 1.82) is 0 Å². The van der Waals surface area contributed by atoms with Crippen LogP contribution in [0.25, 0.3) is 0 Å². The fraction of sp³-hybridized carbons (Fsp3) is 0.929. The summed E-state index contributed by atoms with van der Waals surface area (Å²) >= 11 is 1.93. The van der Waals surface area contributed by atoms with Crippen LogP contribution in [0.5, 0.6) is 0 Å². The average molecular weight is 287 g/mol. The summed E-state index contributed by atoms with van der Waals surface area (Å²) in [5.74, 6) is 2.42. The van der Waals surface area contributed by atoms with Crippen molar-refractivity contribution in [2.24, 2.45) is 0 Å². The third-order valence-electron chi connectivity index (χ3n) is 3.57. The van der Waals surface area contributed by atoms with Gasteiger partial charge in [-0.05, 0) is 40.3 Å². The summed E-state index contributed by atoms with van der Waals surface area (Å²) in [6.45, 7) is 7.36. The van der Waals surface area contributed by atoms with E-state index in [0.717, 1.165) is 38.2 Å². The largest absolute Gasteiger partial charge is 0.356 e. The molecule has 0 bridgehead atoms. The van der Waals surface area contributed by atoms with Crippen molar-refractivity contribution in [2.45, 2.75) is 45.2 Å². The van der Waals surface area contributed by atoms with Crippen LogP contribution in [0.1, 0.15) is 33.1 Å². The predicted molar refractivity (Wildman–Crippen MR) is 83.7 cm³/mol. The van der Waals surface area contributed by atoms with E-state index >= 15 is 0 Å². The Bertz CT molecular complexity index is 255. The third-order valence-corrected chi connectivity index (χ3v) is 4.70. The maximum atomic E-state index is 11.7. The Morgan fingerprint density at radius 1 is 1.47 bits per heavy atom. The van der Waals surface area contributed by atoms with Gasteiger partial charge in [-0.15, -0.1) is 0 Å². The van der Waals surface area contributed by atoms with E-state index in [1.807, 2.05) is 11.8 Å². The van der Waals surface area contributed by atoms with E-state index in [9.17, 15) is 4.79 Å². The second kappa shape index (κ2) is 9.61. The molecule has 0 aromatic heterocycles. The summed E-state index contributed by atoms with van der Waals surface area (Å²) in [5.41, 5.74) is 0. The van der Waals surface area contributed by atoms with Gasteiger partial charge in [0.2, 0.25) is 5.91 Å². The number of amides is 1. The molecule has 1 saturated heterocycles. The zero-order chi connectivity index (χ0) is 14.1. The molecule has 4 nitrogen and oxygen atoms in total. The normalized spacial score (nSPS) is 19.9. The molecule has 1 unspecified atom stereocenters. The minimum Gasteiger partial charge on any atom is -0.356 e. The third kappa shape index (κ3) is 7.80. The molecule has 1 amide bonds. The first-order valence-electron chi connectivity index (χ1n) is 7.37. The SMILES string of the molecule is CC(C)N(C)CCCCNC(=O)CC1CSCCN1. The van der Waals surface area contributed by atoms with Gasteiger partial charge in [0.15, 0.2) is 0 Å². The van der Waals surface area contributed by atoms with Crippen LogP contribution in [-0.2, 0) is 4.79 Å². The van der Waals surface area contributed by atoms with Crippen LogP contribution in [0.3, 0.4) is 0 Å². The standard InChI is InChI=1S/C14H29N3OS/c1-12(2)17(3)8-5-4-6-16-14(18)10-13-11-19-9-7-15-13/h12-13,15H,4-11H2,1-3H3,(H,16,18). The summed E-state index contributed by atoms with van der Waals surface area (Å²) in [6, 6.07) is 0.968. The number of nitrogens with one attached hydrogen (secondary N) is 2. The van der Waals surface area contributed by atoms with E-state index in [0.29, 0.717) is 18.5 Å². The molecule has 0 aromatic carbocycles. The van der Waals surface area contributed by atoms with Gasteiger partial charge in [0.25, 0.3) is 0 Å². The van der Waals surface area contributed by atoms with Gasteiger partial charge in [-0.2, -0.15) is 11.8 Å². The molecule has 1 fully saturated rings. The Morgan fingerprint density at radius 2 is 2.26 bits per heavy atom. The lowest BCUT2D eigenvalue weighted by molar-refractivity contribution is -0.121. The topological polar surface area (TPSA) is 44.4 Å². The van der Waals surface area contributed by atoms with Crippen LogP contribution in [0.15, 0.2) is 0 Å². The van der Waals surface area contributed by atoms with E-state index in [-0.39, 0.29) is 5.91 Å². The first-order chi connectivity index (χ1) is 9.09. The molecule has 5 heteroatoms. The molecule has 1 atom stereocenters. The molecular weight excluding hydrogens is 258 g/mol. The molecule has 112 valence electrons. The summed E-state index contributed by atoms with van der Waals surface area (Å²) in [4.78, 5) is 14.1. The molecule has 19 heavy (non-hydrogen) atoms. The Kier molecular flexibility index (Phi) is 8.50. The Morgan fingerprint density at radius 3 is 2.89 bits per heavy atom. The fourth-order valence-electron chi connectivity index (χ4n) is 2.02. The van der Waals surface area contributed by atoms with E-state index in [4.69, 9.17) is 0 Å². The number of nitrogens with zero attached hydrogens (tertiary/aromatic N) is 1. The maximum Gasteiger partial charge on any atom is 0.221 e. The molecule has 0 spiro atoms. The fourth-order valence-corrected chi connectivity index (χ4v) is 2.97. The predicted octanol–water partition coefficient (Wildman–Crippen LogP) is 1.32. The molecule has 0 aromatic rings. The average Bonchev–Trinajstić information content (AvgIpc) is 2.39. The first kappa shape index (κ1) is 16.8. The lowest BCUT2D eigenvalue weighted by atomic mass is 10.2. The van der Waals surface area contributed by atoms with Gasteiger partial charge in [0, 0.05) is 43.1 Å². The number of thioether (sulfide) groups is 1. The highest BCUT2D eigenvalue weighted by atomic mass is 32.2. The molecule has 1 aliphatic heterocycles. The van der Waals surface area contributed by atoms with E-state index in [1.165, 1.54) is 5.75 Å². The minimum atomic E-state index is 0.192. The van der Waals surface area contributed by atoms with Crippen LogP contribution < -0.4 is 10.6 Å². The Labute approximate surface area is 122 Å². The number of hydrogen-bond donors (Lipinski definition) is 2. The van der Waals surface area contributed by atoms with Gasteiger partial charge < -0.3 is 15.5 Å². The smallest absolute Gasteiger partial charge is 0.221 e. The number of carbonyl (C=O) groups excluding carboxylic acids is 1. The van der Waals surface area contributed by atoms with Crippen molar-refractivity contribution in [3.05, 3.63) is 0 Å². The highest BCUT2D eigenvalue weighted by molar-refractivity contribution is 7.99. The Hall–Kier alpha value is -0.260. The summed E-state index contributed by atoms with van der Waals surface area (Å²) < 4.78 is 0. The minimum absolute atomic E-state index is 0.192. The molecule has 0 radical (unpaired) electrons. The van der Waals surface area contributed by atoms with Crippen molar-refractivity contribution in [1.82, 2.24) is 15.5 Å². The monoisotopic (exact) mass is 287 g/mol. The number of carbonyl (C=O) groups is 1. The second-order valence-corrected chi connectivity index (χ2v) is 6.71. The number of unbranched alkanes of at least 4 members (excludes halogenated alkanes) is 1. The summed E-state index contributed by atoms with van der Waals surface area (Å²) in [5, 5.41) is 6.42. The molecular formula is C14H29N3OS. The molecule has 1 aliphatic rings. The zero-order valence-electron chi connectivity index (χ0n) is 12.6. The van der Waals surface area contributed by atoms with Crippen molar-refractivity contribution < 1.29 is 4.79 Å². The van der Waals surface area contributed by atoms with Gasteiger partial charge in [-0.3, -0.25) is 4.79 Å². The van der Waals surface area contributed by atoms with Crippen molar-refractivity contribution in [3.8, 4) is 0 Å². The van der Waals surface area contributed by atoms with Crippen LogP contribution in [-0.4, -0.2) is 61.1 Å². The zero-order valence-corrected chi connectivity index (χ0v) is 13.4. The van der Waals surface area contributed by atoms with Crippen LogP contribution in [0, 0.1) is 0 Å². The van der Waals surface area contributed by atoms with Gasteiger partial charge in [0.1, 0.15) is 0 Å². The van der Waals surface area contributed by atoms with Gasteiger partial charge in [0.05, 0.1) is 0 Å². The summed E-state index contributed by atoms with van der Waals surface area (Å²) in [6.07, 6.45) is 2.83. The van der Waals surface area contributed by atoms with Crippen LogP contribution >= 0.6 is 11.8 Å². The van der Waals surface area contributed by atoms with Gasteiger partial charge in [-0.1, -0.05) is 0 Å². The van der Waals surface area contributed by atoms with Crippen molar-refractivity contribution >= 4 is 17.7 Å². The molecule has 1 rings (SSSR count). The quantitative estimate of drug-likeness (QED) is 0.661. The highest BCUT2D eigenvalue weighted by Gasteiger charge is 2.16. The second-order valence-electron chi connectivity index (χ2n) is 5.56. The van der Waals surface area contributed by atoms with Crippen molar-refractivity contribution in [3.63, 3.8) is 0 Å². The van der Waals surface area contributed by atoms with Crippen LogP contribution in [0.2, 0.25) is 0 Å².